The van der Waals surface area contributed by atoms with Crippen molar-refractivity contribution in [3.63, 3.8) is 0 Å². The zero-order chi connectivity index (χ0) is 20.4. The largest absolute Gasteiger partial charge is 0.497 e. The maximum absolute atomic E-state index is 11.9. The highest BCUT2D eigenvalue weighted by molar-refractivity contribution is 7.99. The Morgan fingerprint density at radius 3 is 2.62 bits per heavy atom. The highest BCUT2D eigenvalue weighted by atomic mass is 32.2. The molecule has 0 unspecified atom stereocenters. The summed E-state index contributed by atoms with van der Waals surface area (Å²) in [6.07, 6.45) is 0.983. The number of fused-ring (bicyclic) bond motifs is 3. The zero-order valence-electron chi connectivity index (χ0n) is 16.2. The summed E-state index contributed by atoms with van der Waals surface area (Å²) in [5.41, 5.74) is 2.26. The molecule has 0 fully saturated rings. The van der Waals surface area contributed by atoms with Crippen molar-refractivity contribution in [2.45, 2.75) is 24.9 Å². The molecule has 150 valence electrons. The number of nitrogens with zero attached hydrogens (tertiary/aromatic N) is 7. The fraction of sp³-hybridized carbons (Fsp3) is 0.333. The van der Waals surface area contributed by atoms with Gasteiger partial charge >= 0.3 is 5.97 Å². The van der Waals surface area contributed by atoms with Crippen LogP contribution in [0.5, 0.6) is 5.75 Å². The maximum atomic E-state index is 11.9. The molecule has 0 spiro atoms. The van der Waals surface area contributed by atoms with Crippen LogP contribution in [0.4, 0.5) is 0 Å². The Hall–Kier alpha value is -3.21. The molecule has 10 nitrogen and oxygen atoms in total. The molecule has 3 aromatic heterocycles. The van der Waals surface area contributed by atoms with Gasteiger partial charge in [0.1, 0.15) is 11.4 Å². The van der Waals surface area contributed by atoms with Crippen molar-refractivity contribution in [3.8, 4) is 11.4 Å². The second-order valence-electron chi connectivity index (χ2n) is 6.14. The van der Waals surface area contributed by atoms with Crippen LogP contribution in [-0.2, 0) is 16.0 Å². The van der Waals surface area contributed by atoms with Gasteiger partial charge in [-0.15, -0.1) is 15.3 Å². The van der Waals surface area contributed by atoms with Crippen molar-refractivity contribution in [1.29, 1.82) is 0 Å². The van der Waals surface area contributed by atoms with E-state index in [1.54, 1.807) is 28.1 Å². The van der Waals surface area contributed by atoms with Crippen LogP contribution in [0.1, 0.15) is 19.0 Å². The van der Waals surface area contributed by atoms with Crippen LogP contribution in [0.2, 0.25) is 0 Å². The number of ether oxygens (including phenoxy) is 2. The molecule has 1 aromatic carbocycles. The predicted octanol–water partition coefficient (Wildman–Crippen LogP) is 2.08. The topological polar surface area (TPSA) is 109 Å². The molecule has 0 bridgehead atoms. The lowest BCUT2D eigenvalue weighted by Crippen LogP contribution is -2.06. The molecule has 4 aromatic rings. The lowest BCUT2D eigenvalue weighted by atomic mass is 10.3. The molecule has 0 N–H and O–H groups in total. The molecule has 3 heterocycles. The van der Waals surface area contributed by atoms with Gasteiger partial charge in [0, 0.05) is 5.75 Å². The second kappa shape index (κ2) is 8.03. The van der Waals surface area contributed by atoms with Gasteiger partial charge in [0.05, 0.1) is 26.3 Å². The van der Waals surface area contributed by atoms with Gasteiger partial charge in [0.2, 0.25) is 5.16 Å². The van der Waals surface area contributed by atoms with Crippen LogP contribution in [0.15, 0.2) is 29.4 Å². The minimum Gasteiger partial charge on any atom is -0.497 e. The van der Waals surface area contributed by atoms with Crippen molar-refractivity contribution in [1.82, 2.24) is 34.6 Å². The number of hydrogen-bond donors (Lipinski definition) is 0. The Balaban J connectivity index is 1.93. The first-order chi connectivity index (χ1) is 14.1. The smallest absolute Gasteiger partial charge is 0.311 e. The molecule has 0 amide bonds. The number of methoxy groups -OCH3 is 2. The number of benzene rings is 1. The van der Waals surface area contributed by atoms with Gasteiger partial charge in [-0.05, 0) is 30.7 Å². The summed E-state index contributed by atoms with van der Waals surface area (Å²) >= 11 is 1.55. The molecule has 29 heavy (non-hydrogen) atoms. The summed E-state index contributed by atoms with van der Waals surface area (Å²) in [5, 5.41) is 18.2. The van der Waals surface area contributed by atoms with E-state index in [0.29, 0.717) is 27.8 Å². The van der Waals surface area contributed by atoms with E-state index >= 15 is 0 Å². The van der Waals surface area contributed by atoms with E-state index in [2.05, 4.69) is 32.3 Å². The predicted molar refractivity (Wildman–Crippen MR) is 106 cm³/mol. The monoisotopic (exact) mass is 413 g/mol. The van der Waals surface area contributed by atoms with Crippen LogP contribution in [-0.4, -0.2) is 60.5 Å². The van der Waals surface area contributed by atoms with Gasteiger partial charge in [-0.2, -0.15) is 14.6 Å². The maximum Gasteiger partial charge on any atom is 0.311 e. The number of carbonyl (C=O) groups excluding carboxylic acids is 1. The van der Waals surface area contributed by atoms with Gasteiger partial charge in [0.25, 0.3) is 5.78 Å². The van der Waals surface area contributed by atoms with E-state index < -0.39 is 5.97 Å². The molecule has 0 aliphatic heterocycles. The van der Waals surface area contributed by atoms with Crippen LogP contribution in [0.3, 0.4) is 0 Å². The van der Waals surface area contributed by atoms with Crippen LogP contribution in [0, 0.1) is 0 Å². The van der Waals surface area contributed by atoms with Crippen molar-refractivity contribution in [2.24, 2.45) is 0 Å². The van der Waals surface area contributed by atoms with Crippen LogP contribution < -0.4 is 4.74 Å². The lowest BCUT2D eigenvalue weighted by Gasteiger charge is -2.05. The molecule has 0 aliphatic carbocycles. The summed E-state index contributed by atoms with van der Waals surface area (Å²) in [5.74, 6) is 1.59. The highest BCUT2D eigenvalue weighted by Crippen LogP contribution is 2.24. The summed E-state index contributed by atoms with van der Waals surface area (Å²) in [6, 6.07) is 7.39. The summed E-state index contributed by atoms with van der Waals surface area (Å²) in [4.78, 5) is 16.3. The van der Waals surface area contributed by atoms with Crippen LogP contribution >= 0.6 is 11.8 Å². The first-order valence-electron chi connectivity index (χ1n) is 8.99. The van der Waals surface area contributed by atoms with Gasteiger partial charge < -0.3 is 9.47 Å². The van der Waals surface area contributed by atoms with Crippen molar-refractivity contribution < 1.29 is 14.3 Å². The standard InChI is InChI=1S/C18H19N7O3S/c1-4-9-29-18-19-17-21-20-15-13(10-14(26)28-3)22-24(16(15)25(17)23-18)11-5-7-12(27-2)8-6-11/h5-8H,4,9-10H2,1-3H3. The average Bonchev–Trinajstić information content (AvgIpc) is 3.33. The first kappa shape index (κ1) is 19.1. The lowest BCUT2D eigenvalue weighted by molar-refractivity contribution is -0.139. The van der Waals surface area contributed by atoms with Gasteiger partial charge in [-0.1, -0.05) is 18.7 Å². The molecule has 0 saturated heterocycles. The summed E-state index contributed by atoms with van der Waals surface area (Å²) in [6.45, 7) is 2.10. The Morgan fingerprint density at radius 1 is 1.14 bits per heavy atom. The first-order valence-corrected chi connectivity index (χ1v) is 9.98. The normalized spacial score (nSPS) is 11.3. The Kier molecular flexibility index (Phi) is 5.30. The third-order valence-electron chi connectivity index (χ3n) is 4.21. The molecule has 0 aliphatic rings. The molecular weight excluding hydrogens is 394 g/mol. The number of carbonyl (C=O) groups is 1. The fourth-order valence-corrected chi connectivity index (χ4v) is 3.48. The average molecular weight is 413 g/mol. The van der Waals surface area contributed by atoms with E-state index in [-0.39, 0.29) is 6.42 Å². The van der Waals surface area contributed by atoms with Gasteiger partial charge in [0.15, 0.2) is 11.2 Å². The van der Waals surface area contributed by atoms with Gasteiger partial charge in [-0.25, -0.2) is 4.68 Å². The third-order valence-corrected chi connectivity index (χ3v) is 5.25. The summed E-state index contributed by atoms with van der Waals surface area (Å²) in [7, 11) is 2.94. The minimum atomic E-state index is -0.411. The van der Waals surface area contributed by atoms with E-state index in [1.165, 1.54) is 7.11 Å². The third kappa shape index (κ3) is 3.60. The number of rotatable bonds is 7. The van der Waals surface area contributed by atoms with Crippen molar-refractivity contribution >= 4 is 34.7 Å². The molecule has 0 saturated carbocycles. The molecule has 4 rings (SSSR count). The second-order valence-corrected chi connectivity index (χ2v) is 7.20. The highest BCUT2D eigenvalue weighted by Gasteiger charge is 2.21. The minimum absolute atomic E-state index is 0.0253. The zero-order valence-corrected chi connectivity index (χ0v) is 17.0. The van der Waals surface area contributed by atoms with Gasteiger partial charge in [-0.3, -0.25) is 4.79 Å². The number of hydrogen-bond acceptors (Lipinski definition) is 9. The van der Waals surface area contributed by atoms with Crippen molar-refractivity contribution in [2.75, 3.05) is 20.0 Å². The molecule has 11 heteroatoms. The SMILES string of the molecule is CCCSc1nc2nnc3c(CC(=O)OC)nn(-c4ccc(OC)cc4)c3n2n1. The fourth-order valence-electron chi connectivity index (χ4n) is 2.81. The van der Waals surface area contributed by atoms with E-state index in [1.807, 2.05) is 24.3 Å². The molecular formula is C18H19N7O3S. The van der Waals surface area contributed by atoms with E-state index in [9.17, 15) is 4.79 Å². The quantitative estimate of drug-likeness (QED) is 0.332. The number of thioether (sulfide) groups is 1. The Bertz CT molecular complexity index is 1170. The Labute approximate surface area is 170 Å². The molecule has 0 atom stereocenters. The number of aromatic nitrogens is 7. The van der Waals surface area contributed by atoms with Crippen molar-refractivity contribution in [3.05, 3.63) is 30.0 Å². The van der Waals surface area contributed by atoms with E-state index in [0.717, 1.165) is 23.6 Å². The van der Waals surface area contributed by atoms with E-state index in [4.69, 9.17) is 9.47 Å². The van der Waals surface area contributed by atoms with Crippen LogP contribution in [0.25, 0.3) is 22.6 Å². The molecule has 0 radical (unpaired) electrons. The number of esters is 1. The Morgan fingerprint density at radius 2 is 1.93 bits per heavy atom. The summed E-state index contributed by atoms with van der Waals surface area (Å²) < 4.78 is 13.3.